The van der Waals surface area contributed by atoms with E-state index in [0.29, 0.717) is 17.8 Å². The Morgan fingerprint density at radius 2 is 1.90 bits per heavy atom. The molecular weight excluding hydrogens is 264 g/mol. The van der Waals surface area contributed by atoms with Crippen LogP contribution in [0.1, 0.15) is 56.1 Å². The van der Waals surface area contributed by atoms with Crippen LogP contribution in [0.5, 0.6) is 11.5 Å². The molecule has 0 aromatic heterocycles. The van der Waals surface area contributed by atoms with Crippen LogP contribution in [0.25, 0.3) is 0 Å². The van der Waals surface area contributed by atoms with Crippen molar-refractivity contribution in [3.05, 3.63) is 23.3 Å². The van der Waals surface area contributed by atoms with Crippen molar-refractivity contribution in [3.8, 4) is 11.5 Å². The summed E-state index contributed by atoms with van der Waals surface area (Å²) in [4.78, 5) is 0. The fraction of sp³-hybridized carbons (Fsp3) is 0.667. The molecule has 0 spiro atoms. The van der Waals surface area contributed by atoms with E-state index in [2.05, 4.69) is 6.92 Å². The maximum Gasteiger partial charge on any atom is 0.160 e. The molecule has 3 aliphatic carbocycles. The highest BCUT2D eigenvalue weighted by molar-refractivity contribution is 5.51. The summed E-state index contributed by atoms with van der Waals surface area (Å²) in [5.74, 6) is 1.81. The van der Waals surface area contributed by atoms with Gasteiger partial charge in [-0.1, -0.05) is 13.0 Å². The van der Waals surface area contributed by atoms with E-state index >= 15 is 0 Å². The molecule has 0 amide bonds. The molecule has 3 nitrogen and oxygen atoms in total. The van der Waals surface area contributed by atoms with E-state index in [-0.39, 0.29) is 23.0 Å². The second-order valence-corrected chi connectivity index (χ2v) is 7.55. The first-order chi connectivity index (χ1) is 10.0. The number of benzene rings is 1. The van der Waals surface area contributed by atoms with Crippen molar-refractivity contribution < 1.29 is 15.3 Å². The number of aromatic hydroxyl groups is 2. The summed E-state index contributed by atoms with van der Waals surface area (Å²) in [6, 6.07) is 3.64. The Morgan fingerprint density at radius 3 is 2.71 bits per heavy atom. The molecule has 2 fully saturated rings. The number of fused-ring (bicyclic) bond motifs is 5. The van der Waals surface area contributed by atoms with E-state index in [4.69, 9.17) is 0 Å². The number of hydrogen-bond acceptors (Lipinski definition) is 3. The zero-order chi connectivity index (χ0) is 14.8. The van der Waals surface area contributed by atoms with Crippen LogP contribution in [-0.4, -0.2) is 21.4 Å². The average molecular weight is 288 g/mol. The number of rotatable bonds is 0. The van der Waals surface area contributed by atoms with Crippen molar-refractivity contribution in [1.82, 2.24) is 0 Å². The quantitative estimate of drug-likeness (QED) is 0.642. The van der Waals surface area contributed by atoms with Crippen molar-refractivity contribution in [2.75, 3.05) is 0 Å². The summed E-state index contributed by atoms with van der Waals surface area (Å²) in [6.07, 6.45) is 6.02. The molecule has 1 aromatic carbocycles. The summed E-state index contributed by atoms with van der Waals surface area (Å²) >= 11 is 0. The summed E-state index contributed by atoms with van der Waals surface area (Å²) in [5, 5.41) is 30.2. The van der Waals surface area contributed by atoms with Gasteiger partial charge in [0.2, 0.25) is 0 Å². The van der Waals surface area contributed by atoms with Crippen LogP contribution in [0.15, 0.2) is 12.1 Å². The molecule has 3 N–H and O–H groups in total. The largest absolute Gasteiger partial charge is 0.504 e. The van der Waals surface area contributed by atoms with Gasteiger partial charge in [-0.15, -0.1) is 0 Å². The molecule has 3 aliphatic rings. The predicted molar refractivity (Wildman–Crippen MR) is 80.4 cm³/mol. The van der Waals surface area contributed by atoms with Crippen LogP contribution in [0.3, 0.4) is 0 Å². The van der Waals surface area contributed by atoms with Gasteiger partial charge >= 0.3 is 0 Å². The van der Waals surface area contributed by atoms with Crippen LogP contribution < -0.4 is 0 Å². The highest BCUT2D eigenvalue weighted by atomic mass is 16.3. The van der Waals surface area contributed by atoms with Crippen LogP contribution >= 0.6 is 0 Å². The minimum Gasteiger partial charge on any atom is -0.504 e. The van der Waals surface area contributed by atoms with E-state index in [9.17, 15) is 15.3 Å². The van der Waals surface area contributed by atoms with Gasteiger partial charge in [-0.05, 0) is 73.3 Å². The Labute approximate surface area is 125 Å². The van der Waals surface area contributed by atoms with Gasteiger partial charge in [0.1, 0.15) is 0 Å². The van der Waals surface area contributed by atoms with Gasteiger partial charge in [0, 0.05) is 5.56 Å². The Morgan fingerprint density at radius 1 is 1.10 bits per heavy atom. The molecule has 0 heterocycles. The molecule has 0 saturated heterocycles. The lowest BCUT2D eigenvalue weighted by Crippen LogP contribution is -2.43. The molecule has 114 valence electrons. The monoisotopic (exact) mass is 288 g/mol. The highest BCUT2D eigenvalue weighted by Crippen LogP contribution is 2.61. The van der Waals surface area contributed by atoms with Crippen LogP contribution in [-0.2, 0) is 6.42 Å². The molecule has 1 aromatic rings. The Kier molecular flexibility index (Phi) is 2.81. The maximum absolute atomic E-state index is 10.4. The summed E-state index contributed by atoms with van der Waals surface area (Å²) < 4.78 is 0. The van der Waals surface area contributed by atoms with Gasteiger partial charge in [0.05, 0.1) is 6.10 Å². The summed E-state index contributed by atoms with van der Waals surface area (Å²) in [5.41, 5.74) is 2.29. The molecule has 3 unspecified atom stereocenters. The maximum atomic E-state index is 10.4. The van der Waals surface area contributed by atoms with Crippen LogP contribution in [0, 0.1) is 17.3 Å². The van der Waals surface area contributed by atoms with Gasteiger partial charge < -0.3 is 15.3 Å². The standard InChI is InChI=1S/C18H24O3/c1-18-9-8-11-10-4-6-15(19)17(21)13(10)3-2-12(11)14(18)5-7-16(18)20/h4,6,11-12,14,16,19-21H,2-3,5,7-9H2,1H3/t11?,12?,14?,16-,18-/m0/s1. The number of hydrogen-bond donors (Lipinski definition) is 3. The molecule has 5 atom stereocenters. The zero-order valence-electron chi connectivity index (χ0n) is 12.5. The minimum atomic E-state index is -0.141. The number of aliphatic hydroxyl groups is 1. The Hall–Kier alpha value is -1.22. The molecule has 3 heteroatoms. The molecular formula is C18H24O3. The van der Waals surface area contributed by atoms with Gasteiger partial charge in [0.25, 0.3) is 0 Å². The van der Waals surface area contributed by atoms with Crippen molar-refractivity contribution in [3.63, 3.8) is 0 Å². The van der Waals surface area contributed by atoms with Crippen LogP contribution in [0.2, 0.25) is 0 Å². The second kappa shape index (κ2) is 4.39. The molecule has 0 aliphatic heterocycles. The average Bonchev–Trinajstić information content (AvgIpc) is 2.78. The first kappa shape index (κ1) is 13.4. The molecule has 0 bridgehead atoms. The summed E-state index contributed by atoms with van der Waals surface area (Å²) in [7, 11) is 0. The third kappa shape index (κ3) is 1.70. The summed E-state index contributed by atoms with van der Waals surface area (Å²) in [6.45, 7) is 2.27. The van der Waals surface area contributed by atoms with Crippen molar-refractivity contribution in [2.24, 2.45) is 17.3 Å². The first-order valence-corrected chi connectivity index (χ1v) is 8.24. The van der Waals surface area contributed by atoms with Gasteiger partial charge in [-0.2, -0.15) is 0 Å². The Bertz CT molecular complexity index is 582. The molecule has 4 rings (SSSR count). The third-order valence-corrected chi connectivity index (χ3v) is 6.81. The SMILES string of the molecule is C[C@]12CCC3c4ccc(O)c(O)c4CCC3C1CC[C@@H]2O. The zero-order valence-corrected chi connectivity index (χ0v) is 12.5. The number of phenols is 2. The van der Waals surface area contributed by atoms with Crippen LogP contribution in [0.4, 0.5) is 0 Å². The number of phenolic OH excluding ortho intramolecular Hbond substituents is 2. The predicted octanol–water partition coefficient (Wildman–Crippen LogP) is 3.31. The fourth-order valence-corrected chi connectivity index (χ4v) is 5.61. The van der Waals surface area contributed by atoms with Crippen molar-refractivity contribution >= 4 is 0 Å². The molecule has 21 heavy (non-hydrogen) atoms. The van der Waals surface area contributed by atoms with E-state index in [1.807, 2.05) is 6.07 Å². The molecule has 2 saturated carbocycles. The minimum absolute atomic E-state index is 0.00383. The third-order valence-electron chi connectivity index (χ3n) is 6.81. The fourth-order valence-electron chi connectivity index (χ4n) is 5.61. The lowest BCUT2D eigenvalue weighted by molar-refractivity contribution is -0.0227. The van der Waals surface area contributed by atoms with Gasteiger partial charge in [-0.25, -0.2) is 0 Å². The number of aliphatic hydroxyl groups excluding tert-OH is 1. The topological polar surface area (TPSA) is 60.7 Å². The van der Waals surface area contributed by atoms with Crippen molar-refractivity contribution in [1.29, 1.82) is 0 Å². The second-order valence-electron chi connectivity index (χ2n) is 7.55. The molecule has 0 radical (unpaired) electrons. The first-order valence-electron chi connectivity index (χ1n) is 8.24. The van der Waals surface area contributed by atoms with E-state index in [1.165, 1.54) is 5.56 Å². The Balaban J connectivity index is 1.74. The van der Waals surface area contributed by atoms with Gasteiger partial charge in [0.15, 0.2) is 11.5 Å². The van der Waals surface area contributed by atoms with E-state index in [1.54, 1.807) is 6.07 Å². The lowest BCUT2D eigenvalue weighted by atomic mass is 9.55. The van der Waals surface area contributed by atoms with E-state index in [0.717, 1.165) is 44.1 Å². The van der Waals surface area contributed by atoms with E-state index < -0.39 is 0 Å². The van der Waals surface area contributed by atoms with Crippen molar-refractivity contribution in [2.45, 2.75) is 57.5 Å². The lowest BCUT2D eigenvalue weighted by Gasteiger charge is -2.50. The smallest absolute Gasteiger partial charge is 0.160 e. The normalized spacial score (nSPS) is 41.2. The highest BCUT2D eigenvalue weighted by Gasteiger charge is 2.54. The van der Waals surface area contributed by atoms with Gasteiger partial charge in [-0.3, -0.25) is 0 Å².